The Balaban J connectivity index is 1.67. The van der Waals surface area contributed by atoms with Crippen LogP contribution in [0.5, 0.6) is 0 Å². The number of carbonyl (C=O) groups is 3. The molecule has 37 heavy (non-hydrogen) atoms. The molecule has 10 heteroatoms. The summed E-state index contributed by atoms with van der Waals surface area (Å²) >= 11 is 0. The van der Waals surface area contributed by atoms with Gasteiger partial charge in [0.2, 0.25) is 5.91 Å². The van der Waals surface area contributed by atoms with E-state index in [1.807, 2.05) is 18.2 Å². The number of halogens is 2. The zero-order valence-electron chi connectivity index (χ0n) is 21.3. The average molecular weight is 517 g/mol. The number of aliphatic hydroxyl groups excluding tert-OH is 1. The van der Waals surface area contributed by atoms with Crippen molar-refractivity contribution in [3.05, 3.63) is 70.8 Å². The van der Waals surface area contributed by atoms with Crippen molar-refractivity contribution in [2.45, 2.75) is 51.4 Å². The highest BCUT2D eigenvalue weighted by Crippen LogP contribution is 2.13. The van der Waals surface area contributed by atoms with Crippen LogP contribution in [-0.2, 0) is 33.8 Å². The standard InChI is InChI=1S/C27H34F2N4O4/c1-4-18-6-5-7-19(8-18)13-30-14-24(34)23(11-20-9-21(28)12-22(29)10-20)31-25(35)16-33-15-17(2)32(3)26(36)27(33)37/h5-10,12,17,23-24,30,34H,4,11,13-16H2,1-3H3,(H,31,35)/t17-,23+,24+/m1/s1. The maximum atomic E-state index is 13.8. The Hall–Kier alpha value is -3.37. The monoisotopic (exact) mass is 516 g/mol. The van der Waals surface area contributed by atoms with Crippen LogP contribution in [0.25, 0.3) is 0 Å². The van der Waals surface area contributed by atoms with Crippen LogP contribution >= 0.6 is 0 Å². The van der Waals surface area contributed by atoms with Gasteiger partial charge in [-0.15, -0.1) is 0 Å². The SMILES string of the molecule is CCc1cccc(CNC[C@H](O)[C@H](Cc2cc(F)cc(F)c2)NC(=O)CN2C[C@@H](C)N(C)C(=O)C2=O)c1. The van der Waals surface area contributed by atoms with Crippen molar-refractivity contribution in [2.24, 2.45) is 0 Å². The Labute approximate surface area is 215 Å². The maximum absolute atomic E-state index is 13.8. The molecule has 200 valence electrons. The zero-order chi connectivity index (χ0) is 27.1. The number of nitrogens with one attached hydrogen (secondary N) is 2. The van der Waals surface area contributed by atoms with E-state index in [9.17, 15) is 28.3 Å². The number of rotatable bonds is 11. The van der Waals surface area contributed by atoms with Crippen molar-refractivity contribution in [3.63, 3.8) is 0 Å². The number of piperazine rings is 1. The van der Waals surface area contributed by atoms with Gasteiger partial charge in [-0.3, -0.25) is 14.4 Å². The Kier molecular flexibility index (Phi) is 9.71. The second kappa shape index (κ2) is 12.7. The predicted molar refractivity (Wildman–Crippen MR) is 134 cm³/mol. The van der Waals surface area contributed by atoms with Crippen LogP contribution in [-0.4, -0.2) is 77.5 Å². The van der Waals surface area contributed by atoms with Crippen LogP contribution in [0.4, 0.5) is 8.78 Å². The molecule has 2 aromatic rings. The zero-order valence-corrected chi connectivity index (χ0v) is 21.3. The molecule has 8 nitrogen and oxygen atoms in total. The van der Waals surface area contributed by atoms with E-state index in [0.29, 0.717) is 6.54 Å². The lowest BCUT2D eigenvalue weighted by molar-refractivity contribution is -0.158. The van der Waals surface area contributed by atoms with Crippen LogP contribution < -0.4 is 10.6 Å². The third-order valence-electron chi connectivity index (χ3n) is 6.54. The molecule has 0 bridgehead atoms. The highest BCUT2D eigenvalue weighted by molar-refractivity contribution is 6.35. The highest BCUT2D eigenvalue weighted by Gasteiger charge is 2.36. The molecule has 0 spiro atoms. The summed E-state index contributed by atoms with van der Waals surface area (Å²) in [6.07, 6.45) is -0.247. The van der Waals surface area contributed by atoms with Gasteiger partial charge in [0, 0.05) is 38.8 Å². The molecule has 1 aliphatic rings. The van der Waals surface area contributed by atoms with Gasteiger partial charge in [0.25, 0.3) is 0 Å². The second-order valence-corrected chi connectivity index (χ2v) is 9.48. The Morgan fingerprint density at radius 2 is 1.76 bits per heavy atom. The lowest BCUT2D eigenvalue weighted by Gasteiger charge is -2.36. The summed E-state index contributed by atoms with van der Waals surface area (Å²) in [5.74, 6) is -3.60. The number of likely N-dealkylation sites (N-methyl/N-ethyl adjacent to an activating group) is 1. The molecule has 1 fully saturated rings. The van der Waals surface area contributed by atoms with Crippen LogP contribution in [0, 0.1) is 11.6 Å². The van der Waals surface area contributed by atoms with Gasteiger partial charge < -0.3 is 25.5 Å². The van der Waals surface area contributed by atoms with Crippen LogP contribution in [0.3, 0.4) is 0 Å². The maximum Gasteiger partial charge on any atom is 0.312 e. The molecule has 0 saturated carbocycles. The number of benzene rings is 2. The van der Waals surface area contributed by atoms with E-state index in [2.05, 4.69) is 23.6 Å². The van der Waals surface area contributed by atoms with E-state index in [0.717, 1.165) is 35.1 Å². The topological polar surface area (TPSA) is 102 Å². The molecule has 2 aromatic carbocycles. The number of amides is 3. The van der Waals surface area contributed by atoms with E-state index in [-0.39, 0.29) is 37.7 Å². The molecule has 0 unspecified atom stereocenters. The molecular weight excluding hydrogens is 482 g/mol. The molecular formula is C27H34F2N4O4. The van der Waals surface area contributed by atoms with Crippen LogP contribution in [0.2, 0.25) is 0 Å². The second-order valence-electron chi connectivity index (χ2n) is 9.48. The van der Waals surface area contributed by atoms with Crippen molar-refractivity contribution in [1.29, 1.82) is 0 Å². The van der Waals surface area contributed by atoms with Gasteiger partial charge in [0.15, 0.2) is 0 Å². The molecule has 0 aromatic heterocycles. The molecule has 0 aliphatic carbocycles. The Morgan fingerprint density at radius 1 is 1.08 bits per heavy atom. The van der Waals surface area contributed by atoms with Crippen molar-refractivity contribution >= 4 is 17.7 Å². The summed E-state index contributed by atoms with van der Waals surface area (Å²) in [6.45, 7) is 4.22. The third kappa shape index (κ3) is 7.80. The van der Waals surface area contributed by atoms with Gasteiger partial charge in [-0.2, -0.15) is 0 Å². The summed E-state index contributed by atoms with van der Waals surface area (Å²) in [6, 6.07) is 9.87. The summed E-state index contributed by atoms with van der Waals surface area (Å²) in [7, 11) is 1.53. The van der Waals surface area contributed by atoms with Crippen LogP contribution in [0.1, 0.15) is 30.5 Å². The average Bonchev–Trinajstić information content (AvgIpc) is 2.85. The van der Waals surface area contributed by atoms with Gasteiger partial charge in [-0.25, -0.2) is 8.78 Å². The first kappa shape index (κ1) is 28.2. The molecule has 1 saturated heterocycles. The van der Waals surface area contributed by atoms with Crippen molar-refractivity contribution in [3.8, 4) is 0 Å². The molecule has 1 heterocycles. The number of hydrogen-bond acceptors (Lipinski definition) is 5. The summed E-state index contributed by atoms with van der Waals surface area (Å²) in [5.41, 5.74) is 2.48. The van der Waals surface area contributed by atoms with E-state index < -0.39 is 41.5 Å². The Morgan fingerprint density at radius 3 is 2.43 bits per heavy atom. The number of hydrogen-bond donors (Lipinski definition) is 3. The predicted octanol–water partition coefficient (Wildman–Crippen LogP) is 1.39. The van der Waals surface area contributed by atoms with Crippen molar-refractivity contribution < 1.29 is 28.3 Å². The van der Waals surface area contributed by atoms with E-state index in [4.69, 9.17) is 0 Å². The molecule has 3 rings (SSSR count). The fourth-order valence-electron chi connectivity index (χ4n) is 4.30. The lowest BCUT2D eigenvalue weighted by atomic mass is 10.0. The summed E-state index contributed by atoms with van der Waals surface area (Å²) in [5, 5.41) is 16.8. The van der Waals surface area contributed by atoms with Gasteiger partial charge in [-0.1, -0.05) is 31.2 Å². The van der Waals surface area contributed by atoms with Gasteiger partial charge in [0.1, 0.15) is 18.2 Å². The Bertz CT molecular complexity index is 1110. The minimum absolute atomic E-state index is 0.0411. The largest absolute Gasteiger partial charge is 0.390 e. The first-order valence-electron chi connectivity index (χ1n) is 12.3. The molecule has 3 N–H and O–H groups in total. The number of nitrogens with zero attached hydrogens (tertiary/aromatic N) is 2. The van der Waals surface area contributed by atoms with Gasteiger partial charge in [0.05, 0.1) is 12.1 Å². The normalized spacial score (nSPS) is 17.6. The minimum atomic E-state index is -1.10. The van der Waals surface area contributed by atoms with Gasteiger partial charge in [-0.05, 0) is 48.6 Å². The smallest absolute Gasteiger partial charge is 0.312 e. The quantitative estimate of drug-likeness (QED) is 0.392. The van der Waals surface area contributed by atoms with E-state index in [1.54, 1.807) is 6.92 Å². The molecule has 3 amide bonds. The first-order chi connectivity index (χ1) is 17.6. The fourth-order valence-corrected chi connectivity index (χ4v) is 4.30. The lowest BCUT2D eigenvalue weighted by Crippen LogP contribution is -2.59. The highest BCUT2D eigenvalue weighted by atomic mass is 19.1. The summed E-state index contributed by atoms with van der Waals surface area (Å²) < 4.78 is 27.5. The number of aliphatic hydroxyl groups is 1. The molecule has 1 aliphatic heterocycles. The van der Waals surface area contributed by atoms with Gasteiger partial charge >= 0.3 is 11.8 Å². The van der Waals surface area contributed by atoms with Crippen molar-refractivity contribution in [2.75, 3.05) is 26.7 Å². The number of aryl methyl sites for hydroxylation is 1. The molecule has 3 atom stereocenters. The third-order valence-corrected chi connectivity index (χ3v) is 6.54. The van der Waals surface area contributed by atoms with Crippen molar-refractivity contribution in [1.82, 2.24) is 20.4 Å². The number of carbonyl (C=O) groups excluding carboxylic acids is 3. The minimum Gasteiger partial charge on any atom is -0.390 e. The summed E-state index contributed by atoms with van der Waals surface area (Å²) in [4.78, 5) is 39.8. The fraction of sp³-hybridized carbons (Fsp3) is 0.444. The van der Waals surface area contributed by atoms with Crippen LogP contribution in [0.15, 0.2) is 42.5 Å². The molecule has 0 radical (unpaired) electrons. The first-order valence-corrected chi connectivity index (χ1v) is 12.3. The van der Waals surface area contributed by atoms with E-state index >= 15 is 0 Å². The van der Waals surface area contributed by atoms with E-state index in [1.165, 1.54) is 17.5 Å².